The summed E-state index contributed by atoms with van der Waals surface area (Å²) in [6, 6.07) is 15.6. The van der Waals surface area contributed by atoms with E-state index in [0.29, 0.717) is 31.7 Å². The lowest BCUT2D eigenvalue weighted by Crippen LogP contribution is -2.61. The zero-order valence-electron chi connectivity index (χ0n) is 19.9. The highest BCUT2D eigenvalue weighted by Crippen LogP contribution is 2.40. The van der Waals surface area contributed by atoms with Crippen molar-refractivity contribution < 1.29 is 22.7 Å². The lowest BCUT2D eigenvalue weighted by molar-refractivity contribution is -0.137. The Balaban J connectivity index is 1.40. The fourth-order valence-electron chi connectivity index (χ4n) is 5.22. The number of alkyl halides is 3. The van der Waals surface area contributed by atoms with Gasteiger partial charge in [0.05, 0.1) is 24.6 Å². The molecule has 0 aliphatic carbocycles. The van der Waals surface area contributed by atoms with Crippen LogP contribution < -0.4 is 19.9 Å². The first kappa shape index (κ1) is 24.5. The van der Waals surface area contributed by atoms with Crippen LogP contribution in [0.2, 0.25) is 0 Å². The van der Waals surface area contributed by atoms with Gasteiger partial charge in [-0.2, -0.15) is 13.2 Å². The SMILES string of the molecule is COc1ccc(N2CCN3c4ccc(C(F)(F)F)cc4C[C@@H](C(=O)NCCc4cccs4)[C@@H]3C2)cc1. The molecule has 1 N–H and O–H groups in total. The smallest absolute Gasteiger partial charge is 0.416 e. The molecule has 0 spiro atoms. The van der Waals surface area contributed by atoms with Gasteiger partial charge in [-0.3, -0.25) is 4.79 Å². The lowest BCUT2D eigenvalue weighted by Gasteiger charge is -2.49. The standard InChI is InChI=1S/C27H28F3N3O2S/c1-35-21-7-5-20(6-8-21)32-12-13-33-24-9-4-19(27(28,29)30)15-18(24)16-23(25(33)17-32)26(34)31-11-10-22-3-2-14-36-22/h2-9,14-15,23,25H,10-13,16-17H2,1H3,(H,31,34)/t23-,25+/m1/s1. The highest BCUT2D eigenvalue weighted by molar-refractivity contribution is 7.09. The molecule has 5 rings (SSSR count). The van der Waals surface area contributed by atoms with E-state index in [2.05, 4.69) is 15.1 Å². The Kier molecular flexibility index (Phi) is 6.83. The number of nitrogens with one attached hydrogen (secondary N) is 1. The first-order valence-electron chi connectivity index (χ1n) is 12.0. The normalized spacial score (nSPS) is 19.4. The molecule has 9 heteroatoms. The van der Waals surface area contributed by atoms with Crippen molar-refractivity contribution in [2.45, 2.75) is 25.1 Å². The van der Waals surface area contributed by atoms with Crippen LogP contribution in [0.25, 0.3) is 0 Å². The van der Waals surface area contributed by atoms with E-state index in [0.717, 1.165) is 29.6 Å². The number of hydrogen-bond acceptors (Lipinski definition) is 5. The number of hydrogen-bond donors (Lipinski definition) is 1. The summed E-state index contributed by atoms with van der Waals surface area (Å²) in [6.07, 6.45) is -3.41. The van der Waals surface area contributed by atoms with Gasteiger partial charge < -0.3 is 19.9 Å². The molecule has 0 bridgehead atoms. The second-order valence-electron chi connectivity index (χ2n) is 9.18. The van der Waals surface area contributed by atoms with Gasteiger partial charge in [0.1, 0.15) is 5.75 Å². The number of benzene rings is 2. The molecular formula is C27H28F3N3O2S. The number of fused-ring (bicyclic) bond motifs is 3. The van der Waals surface area contributed by atoms with E-state index in [1.165, 1.54) is 10.9 Å². The molecule has 1 aromatic heterocycles. The molecule has 1 fully saturated rings. The van der Waals surface area contributed by atoms with Gasteiger partial charge in [-0.1, -0.05) is 6.07 Å². The summed E-state index contributed by atoms with van der Waals surface area (Å²) >= 11 is 1.64. The van der Waals surface area contributed by atoms with Crippen molar-refractivity contribution in [2.24, 2.45) is 5.92 Å². The van der Waals surface area contributed by atoms with E-state index in [-0.39, 0.29) is 18.4 Å². The molecule has 3 heterocycles. The summed E-state index contributed by atoms with van der Waals surface area (Å²) in [5, 5.41) is 5.05. The predicted molar refractivity (Wildman–Crippen MR) is 136 cm³/mol. The van der Waals surface area contributed by atoms with Crippen molar-refractivity contribution in [1.82, 2.24) is 5.32 Å². The van der Waals surface area contributed by atoms with Crippen LogP contribution in [0.3, 0.4) is 0 Å². The van der Waals surface area contributed by atoms with Gasteiger partial charge in [-0.25, -0.2) is 0 Å². The van der Waals surface area contributed by atoms with Gasteiger partial charge in [-0.05, 0) is 72.3 Å². The number of nitrogens with zero attached hydrogens (tertiary/aromatic N) is 2. The van der Waals surface area contributed by atoms with Crippen LogP contribution in [-0.2, 0) is 23.8 Å². The molecule has 2 aromatic carbocycles. The lowest BCUT2D eigenvalue weighted by atomic mass is 9.82. The van der Waals surface area contributed by atoms with Gasteiger partial charge in [0.2, 0.25) is 5.91 Å². The molecule has 36 heavy (non-hydrogen) atoms. The van der Waals surface area contributed by atoms with E-state index in [1.54, 1.807) is 24.5 Å². The van der Waals surface area contributed by atoms with E-state index in [1.807, 2.05) is 41.8 Å². The molecule has 2 atom stereocenters. The third-order valence-electron chi connectivity index (χ3n) is 7.06. The van der Waals surface area contributed by atoms with Crippen LogP contribution in [0.15, 0.2) is 60.0 Å². The Morgan fingerprint density at radius 3 is 2.64 bits per heavy atom. The zero-order chi connectivity index (χ0) is 25.3. The number of methoxy groups -OCH3 is 1. The highest BCUT2D eigenvalue weighted by Gasteiger charge is 2.42. The monoisotopic (exact) mass is 515 g/mol. The second-order valence-corrected chi connectivity index (χ2v) is 10.2. The Hall–Kier alpha value is -3.20. The number of halogens is 3. The number of anilines is 2. The van der Waals surface area contributed by atoms with Gasteiger partial charge in [0, 0.05) is 42.4 Å². The molecule has 3 aromatic rings. The molecule has 1 amide bonds. The maximum absolute atomic E-state index is 13.4. The number of carbonyl (C=O) groups excluding carboxylic acids is 1. The summed E-state index contributed by atoms with van der Waals surface area (Å²) in [5.74, 6) is 0.207. The largest absolute Gasteiger partial charge is 0.497 e. The molecule has 1 saturated heterocycles. The van der Waals surface area contributed by atoms with Crippen molar-refractivity contribution in [3.05, 3.63) is 76.0 Å². The molecule has 0 unspecified atom stereocenters. The van der Waals surface area contributed by atoms with Crippen molar-refractivity contribution >= 4 is 28.6 Å². The number of rotatable bonds is 6. The number of thiophene rings is 1. The fourth-order valence-corrected chi connectivity index (χ4v) is 5.93. The fraction of sp³-hybridized carbons (Fsp3) is 0.370. The first-order valence-corrected chi connectivity index (χ1v) is 12.9. The third kappa shape index (κ3) is 5.02. The minimum Gasteiger partial charge on any atom is -0.497 e. The maximum atomic E-state index is 13.4. The minimum absolute atomic E-state index is 0.110. The van der Waals surface area contributed by atoms with E-state index in [9.17, 15) is 18.0 Å². The number of amides is 1. The summed E-state index contributed by atoms with van der Waals surface area (Å²) < 4.78 is 45.6. The average Bonchev–Trinajstić information content (AvgIpc) is 3.40. The molecule has 190 valence electrons. The topological polar surface area (TPSA) is 44.8 Å². The molecule has 5 nitrogen and oxygen atoms in total. The summed E-state index contributed by atoms with van der Waals surface area (Å²) in [7, 11) is 1.62. The first-order chi connectivity index (χ1) is 17.3. The summed E-state index contributed by atoms with van der Waals surface area (Å²) in [6.45, 7) is 2.43. The maximum Gasteiger partial charge on any atom is 0.416 e. The quantitative estimate of drug-likeness (QED) is 0.502. The van der Waals surface area contributed by atoms with Crippen LogP contribution in [0.4, 0.5) is 24.5 Å². The van der Waals surface area contributed by atoms with Crippen molar-refractivity contribution in [3.8, 4) is 5.75 Å². The molecule has 0 saturated carbocycles. The van der Waals surface area contributed by atoms with Crippen LogP contribution >= 0.6 is 11.3 Å². The Morgan fingerprint density at radius 1 is 1.14 bits per heavy atom. The zero-order valence-corrected chi connectivity index (χ0v) is 20.7. The molecule has 2 aliphatic rings. The van der Waals surface area contributed by atoms with Gasteiger partial charge in [0.25, 0.3) is 0 Å². The van der Waals surface area contributed by atoms with Crippen LogP contribution in [0.5, 0.6) is 5.75 Å². The number of ether oxygens (including phenoxy) is 1. The van der Waals surface area contributed by atoms with E-state index < -0.39 is 17.7 Å². The average molecular weight is 516 g/mol. The molecular weight excluding hydrogens is 487 g/mol. The Morgan fingerprint density at radius 2 is 1.94 bits per heavy atom. The highest BCUT2D eigenvalue weighted by atomic mass is 32.1. The van der Waals surface area contributed by atoms with Gasteiger partial charge in [-0.15, -0.1) is 11.3 Å². The Labute approximate surface area is 212 Å². The van der Waals surface area contributed by atoms with Crippen LogP contribution in [0, 0.1) is 5.92 Å². The predicted octanol–water partition coefficient (Wildman–Crippen LogP) is 5.00. The van der Waals surface area contributed by atoms with Crippen molar-refractivity contribution in [3.63, 3.8) is 0 Å². The number of piperazine rings is 1. The van der Waals surface area contributed by atoms with Crippen LogP contribution in [-0.4, -0.2) is 45.2 Å². The van der Waals surface area contributed by atoms with E-state index in [4.69, 9.17) is 4.74 Å². The molecule has 0 radical (unpaired) electrons. The second kappa shape index (κ2) is 10.0. The third-order valence-corrected chi connectivity index (χ3v) is 8.00. The Bertz CT molecular complexity index is 1200. The summed E-state index contributed by atoms with van der Waals surface area (Å²) in [4.78, 5) is 19.0. The number of carbonyl (C=O) groups is 1. The molecule has 2 aliphatic heterocycles. The van der Waals surface area contributed by atoms with Crippen LogP contribution in [0.1, 0.15) is 16.0 Å². The van der Waals surface area contributed by atoms with Crippen molar-refractivity contribution in [1.29, 1.82) is 0 Å². The van der Waals surface area contributed by atoms with E-state index >= 15 is 0 Å². The minimum atomic E-state index is -4.42. The summed E-state index contributed by atoms with van der Waals surface area (Å²) in [5.41, 5.74) is 1.74. The van der Waals surface area contributed by atoms with Crippen molar-refractivity contribution in [2.75, 3.05) is 43.1 Å². The van der Waals surface area contributed by atoms with Gasteiger partial charge >= 0.3 is 6.18 Å². The van der Waals surface area contributed by atoms with Gasteiger partial charge in [0.15, 0.2) is 0 Å².